The summed E-state index contributed by atoms with van der Waals surface area (Å²) in [5.41, 5.74) is 7.30. The Morgan fingerprint density at radius 2 is 2.04 bits per heavy atom. The van der Waals surface area contributed by atoms with Gasteiger partial charge in [0.15, 0.2) is 0 Å². The molecule has 0 fully saturated rings. The number of nitrogens with two attached hydrogens (primary N) is 1. The molecule has 0 saturated heterocycles. The third kappa shape index (κ3) is 6.11. The van der Waals surface area contributed by atoms with E-state index in [1.54, 1.807) is 0 Å². The van der Waals surface area contributed by atoms with Crippen molar-refractivity contribution in [3.8, 4) is 5.75 Å². The number of urea groups is 1. The topological polar surface area (TPSA) is 90.7 Å². The highest BCUT2D eigenvalue weighted by Crippen LogP contribution is 2.22. The van der Waals surface area contributed by atoms with Crippen LogP contribution in [0.5, 0.6) is 5.75 Å². The first kappa shape index (κ1) is 18.8. The molecule has 1 aromatic heterocycles. The maximum atomic E-state index is 12.0. The minimum absolute atomic E-state index is 0.0208. The predicted octanol–water partition coefficient (Wildman–Crippen LogP) is 3.09. The number of carbonyl (C=O) groups is 2. The molecule has 1 heterocycles. The number of primary amides is 1. The van der Waals surface area contributed by atoms with Crippen molar-refractivity contribution in [2.24, 2.45) is 5.73 Å². The molecular weight excluding hydrogens is 340 g/mol. The van der Waals surface area contributed by atoms with Crippen LogP contribution in [0.15, 0.2) is 35.7 Å². The molecule has 2 rings (SSSR count). The van der Waals surface area contributed by atoms with Crippen molar-refractivity contribution in [3.63, 3.8) is 0 Å². The van der Waals surface area contributed by atoms with E-state index >= 15 is 0 Å². The van der Waals surface area contributed by atoms with Crippen LogP contribution in [-0.2, 0) is 9.53 Å². The van der Waals surface area contributed by atoms with Gasteiger partial charge < -0.3 is 20.5 Å². The summed E-state index contributed by atoms with van der Waals surface area (Å²) < 4.78 is 10.8. The zero-order chi connectivity index (χ0) is 18.2. The Hall–Kier alpha value is -2.54. The van der Waals surface area contributed by atoms with Gasteiger partial charge in [0, 0.05) is 4.88 Å². The molecule has 1 aromatic carbocycles. The van der Waals surface area contributed by atoms with E-state index in [0.29, 0.717) is 0 Å². The number of hydrogen-bond donors (Lipinski definition) is 2. The van der Waals surface area contributed by atoms with Gasteiger partial charge in [-0.1, -0.05) is 18.2 Å². The summed E-state index contributed by atoms with van der Waals surface area (Å²) in [6.45, 7) is 4.35. The zero-order valence-corrected chi connectivity index (χ0v) is 15.1. The maximum absolute atomic E-state index is 12.0. The van der Waals surface area contributed by atoms with Crippen LogP contribution < -0.4 is 15.8 Å². The van der Waals surface area contributed by atoms with E-state index in [-0.39, 0.29) is 19.6 Å². The third-order valence-corrected chi connectivity index (χ3v) is 4.51. The third-order valence-electron chi connectivity index (χ3n) is 3.52. The molecule has 134 valence electrons. The van der Waals surface area contributed by atoms with Gasteiger partial charge in [-0.3, -0.25) is 4.79 Å². The Labute approximate surface area is 150 Å². The van der Waals surface area contributed by atoms with Crippen LogP contribution >= 0.6 is 11.3 Å². The van der Waals surface area contributed by atoms with E-state index in [4.69, 9.17) is 15.2 Å². The number of hydrogen-bond acceptors (Lipinski definition) is 5. The molecule has 3 N–H and O–H groups in total. The first-order valence-corrected chi connectivity index (χ1v) is 8.78. The van der Waals surface area contributed by atoms with Gasteiger partial charge >= 0.3 is 12.0 Å². The van der Waals surface area contributed by atoms with Gasteiger partial charge in [0.1, 0.15) is 19.0 Å². The normalized spacial score (nSPS) is 11.6. The summed E-state index contributed by atoms with van der Waals surface area (Å²) in [6, 6.07) is 8.47. The summed E-state index contributed by atoms with van der Waals surface area (Å²) in [4.78, 5) is 24.0. The quantitative estimate of drug-likeness (QED) is 0.558. The molecule has 2 aromatic rings. The van der Waals surface area contributed by atoms with E-state index in [9.17, 15) is 9.59 Å². The molecule has 0 bridgehead atoms. The van der Waals surface area contributed by atoms with Crippen molar-refractivity contribution in [1.29, 1.82) is 0 Å². The van der Waals surface area contributed by atoms with Crippen LogP contribution in [0.1, 0.15) is 28.5 Å². The van der Waals surface area contributed by atoms with Gasteiger partial charge in [-0.25, -0.2) is 4.79 Å². The Balaban J connectivity index is 1.79. The second-order valence-corrected chi connectivity index (χ2v) is 6.60. The van der Waals surface area contributed by atoms with Crippen molar-refractivity contribution in [1.82, 2.24) is 5.32 Å². The van der Waals surface area contributed by atoms with Gasteiger partial charge in [-0.2, -0.15) is 0 Å². The SMILES string of the molecule is Cc1ccc(C)c(OCCOC(=O)C[C@@H](NC(N)=O)c2cccs2)c1. The largest absolute Gasteiger partial charge is 0.490 e. The van der Waals surface area contributed by atoms with Crippen LogP contribution in [0.2, 0.25) is 0 Å². The summed E-state index contributed by atoms with van der Waals surface area (Å²) in [7, 11) is 0. The summed E-state index contributed by atoms with van der Waals surface area (Å²) in [5.74, 6) is 0.361. The van der Waals surface area contributed by atoms with Gasteiger partial charge in [0.25, 0.3) is 0 Å². The number of benzene rings is 1. The molecular formula is C18H22N2O4S. The minimum atomic E-state index is -0.676. The van der Waals surface area contributed by atoms with Gasteiger partial charge in [0.05, 0.1) is 12.5 Å². The lowest BCUT2D eigenvalue weighted by Crippen LogP contribution is -2.34. The molecule has 25 heavy (non-hydrogen) atoms. The van der Waals surface area contributed by atoms with E-state index in [2.05, 4.69) is 5.32 Å². The lowest BCUT2D eigenvalue weighted by molar-refractivity contribution is -0.144. The van der Waals surface area contributed by atoms with Gasteiger partial charge in [-0.05, 0) is 42.5 Å². The number of thiophene rings is 1. The molecule has 0 aliphatic carbocycles. The van der Waals surface area contributed by atoms with Gasteiger partial charge in [-0.15, -0.1) is 11.3 Å². The second-order valence-electron chi connectivity index (χ2n) is 5.62. The first-order chi connectivity index (χ1) is 12.0. The zero-order valence-electron chi connectivity index (χ0n) is 14.3. The highest BCUT2D eigenvalue weighted by Gasteiger charge is 2.19. The summed E-state index contributed by atoms with van der Waals surface area (Å²) >= 11 is 1.44. The number of esters is 1. The lowest BCUT2D eigenvalue weighted by atomic mass is 10.1. The average Bonchev–Trinajstić information content (AvgIpc) is 3.08. The molecule has 1 atom stereocenters. The van der Waals surface area contributed by atoms with Crippen molar-refractivity contribution in [2.75, 3.05) is 13.2 Å². The average molecular weight is 362 g/mol. The number of aryl methyl sites for hydroxylation is 2. The van der Waals surface area contributed by atoms with E-state index in [1.165, 1.54) is 11.3 Å². The van der Waals surface area contributed by atoms with Crippen LogP contribution in [0.25, 0.3) is 0 Å². The Kier molecular flexibility index (Phi) is 6.82. The van der Waals surface area contributed by atoms with Crippen molar-refractivity contribution < 1.29 is 19.1 Å². The van der Waals surface area contributed by atoms with Crippen molar-refractivity contribution in [2.45, 2.75) is 26.3 Å². The predicted molar refractivity (Wildman–Crippen MR) is 96.8 cm³/mol. The van der Waals surface area contributed by atoms with Crippen molar-refractivity contribution in [3.05, 3.63) is 51.7 Å². The number of carbonyl (C=O) groups excluding carboxylic acids is 2. The lowest BCUT2D eigenvalue weighted by Gasteiger charge is -2.15. The second kappa shape index (κ2) is 9.08. The Bertz CT molecular complexity index is 716. The number of ether oxygens (including phenoxy) is 2. The molecule has 0 aliphatic rings. The fraction of sp³-hybridized carbons (Fsp3) is 0.333. The molecule has 0 aliphatic heterocycles. The highest BCUT2D eigenvalue weighted by atomic mass is 32.1. The fourth-order valence-electron chi connectivity index (χ4n) is 2.28. The van der Waals surface area contributed by atoms with E-state index in [0.717, 1.165) is 21.8 Å². The molecule has 6 nitrogen and oxygen atoms in total. The van der Waals surface area contributed by atoms with Gasteiger partial charge in [0.2, 0.25) is 0 Å². The number of nitrogens with one attached hydrogen (secondary N) is 1. The molecule has 0 radical (unpaired) electrons. The van der Waals surface area contributed by atoms with Crippen LogP contribution in [-0.4, -0.2) is 25.2 Å². The summed E-state index contributed by atoms with van der Waals surface area (Å²) in [5, 5.41) is 4.43. The molecule has 0 unspecified atom stereocenters. The monoisotopic (exact) mass is 362 g/mol. The molecule has 7 heteroatoms. The molecule has 2 amide bonds. The minimum Gasteiger partial charge on any atom is -0.490 e. The maximum Gasteiger partial charge on any atom is 0.312 e. The Morgan fingerprint density at radius 3 is 2.72 bits per heavy atom. The summed E-state index contributed by atoms with van der Waals surface area (Å²) in [6.07, 6.45) is 0.0208. The van der Waals surface area contributed by atoms with Crippen molar-refractivity contribution >= 4 is 23.3 Å². The molecule has 0 spiro atoms. The number of amides is 2. The number of rotatable bonds is 8. The van der Waals surface area contributed by atoms with E-state index < -0.39 is 18.0 Å². The van der Waals surface area contributed by atoms with Crippen LogP contribution in [0, 0.1) is 13.8 Å². The van der Waals surface area contributed by atoms with E-state index in [1.807, 2.05) is 49.6 Å². The Morgan fingerprint density at radius 1 is 1.24 bits per heavy atom. The first-order valence-electron chi connectivity index (χ1n) is 7.90. The smallest absolute Gasteiger partial charge is 0.312 e. The molecule has 0 saturated carbocycles. The highest BCUT2D eigenvalue weighted by molar-refractivity contribution is 7.10. The standard InChI is InChI=1S/C18H22N2O4S/c1-12-5-6-13(2)15(10-12)23-7-8-24-17(21)11-14(20-18(19)22)16-4-3-9-25-16/h3-6,9-10,14H,7-8,11H2,1-2H3,(H3,19,20,22)/t14-/m1/s1. The fourth-order valence-corrected chi connectivity index (χ4v) is 3.06. The van der Waals surface area contributed by atoms with Crippen LogP contribution in [0.3, 0.4) is 0 Å². The van der Waals surface area contributed by atoms with Crippen LogP contribution in [0.4, 0.5) is 4.79 Å².